The first-order valence-electron chi connectivity index (χ1n) is 11.0. The highest BCUT2D eigenvalue weighted by atomic mass is 16.3. The molecule has 6 heteroatoms. The lowest BCUT2D eigenvalue weighted by molar-refractivity contribution is 0.0945. The van der Waals surface area contributed by atoms with Crippen LogP contribution in [0.5, 0.6) is 0 Å². The highest BCUT2D eigenvalue weighted by molar-refractivity contribution is 5.91. The molecule has 1 N–H and O–H groups in total. The van der Waals surface area contributed by atoms with Gasteiger partial charge in [0, 0.05) is 39.3 Å². The monoisotopic (exact) mass is 418 g/mol. The number of hydrogen-bond donors (Lipinski definition) is 1. The minimum Gasteiger partial charge on any atom is -0.447 e. The standard InChI is InChI=1S/C25H30N4O2/c1-2-20-8-10-22(11-9-20)17-28-12-14-29(15-13-28)18-24-27-23(19-31-24)25(30)26-16-21-6-4-3-5-7-21/h3-11,19H,2,12-18H2,1H3,(H,26,30). The van der Waals surface area contributed by atoms with Gasteiger partial charge >= 0.3 is 0 Å². The molecule has 2 aromatic carbocycles. The van der Waals surface area contributed by atoms with Gasteiger partial charge in [0.1, 0.15) is 6.26 Å². The molecule has 0 spiro atoms. The van der Waals surface area contributed by atoms with Gasteiger partial charge in [-0.3, -0.25) is 14.6 Å². The fourth-order valence-corrected chi connectivity index (χ4v) is 3.79. The van der Waals surface area contributed by atoms with E-state index in [-0.39, 0.29) is 5.91 Å². The van der Waals surface area contributed by atoms with Gasteiger partial charge < -0.3 is 9.73 Å². The number of piperazine rings is 1. The summed E-state index contributed by atoms with van der Waals surface area (Å²) in [5, 5.41) is 2.89. The third-order valence-electron chi connectivity index (χ3n) is 5.74. The van der Waals surface area contributed by atoms with Crippen LogP contribution in [-0.4, -0.2) is 46.9 Å². The second kappa shape index (κ2) is 10.4. The third kappa shape index (κ3) is 6.03. The Morgan fingerprint density at radius 1 is 0.903 bits per heavy atom. The number of amides is 1. The predicted octanol–water partition coefficient (Wildman–Crippen LogP) is 3.48. The van der Waals surface area contributed by atoms with E-state index in [1.54, 1.807) is 0 Å². The number of nitrogens with one attached hydrogen (secondary N) is 1. The van der Waals surface area contributed by atoms with Crippen molar-refractivity contribution in [3.63, 3.8) is 0 Å². The Morgan fingerprint density at radius 2 is 1.55 bits per heavy atom. The molecule has 0 atom stereocenters. The Bertz CT molecular complexity index is 961. The van der Waals surface area contributed by atoms with Crippen molar-refractivity contribution in [1.82, 2.24) is 20.1 Å². The normalized spacial score (nSPS) is 15.1. The lowest BCUT2D eigenvalue weighted by atomic mass is 10.1. The number of aryl methyl sites for hydroxylation is 1. The van der Waals surface area contributed by atoms with Crippen molar-refractivity contribution in [3.8, 4) is 0 Å². The quantitative estimate of drug-likeness (QED) is 0.607. The van der Waals surface area contributed by atoms with Crippen molar-refractivity contribution in [2.75, 3.05) is 26.2 Å². The molecule has 1 aliphatic rings. The average Bonchev–Trinajstić information content (AvgIpc) is 3.28. The van der Waals surface area contributed by atoms with Gasteiger partial charge in [0.05, 0.1) is 6.54 Å². The molecule has 0 saturated carbocycles. The predicted molar refractivity (Wildman–Crippen MR) is 120 cm³/mol. The summed E-state index contributed by atoms with van der Waals surface area (Å²) in [5.41, 5.74) is 4.14. The Hall–Kier alpha value is -2.96. The molecule has 0 bridgehead atoms. The Kier molecular flexibility index (Phi) is 7.12. The van der Waals surface area contributed by atoms with E-state index in [9.17, 15) is 4.79 Å². The van der Waals surface area contributed by atoms with Gasteiger partial charge in [-0.25, -0.2) is 4.98 Å². The first kappa shape index (κ1) is 21.3. The maximum Gasteiger partial charge on any atom is 0.273 e. The topological polar surface area (TPSA) is 61.6 Å². The van der Waals surface area contributed by atoms with E-state index in [1.807, 2.05) is 30.3 Å². The summed E-state index contributed by atoms with van der Waals surface area (Å²) in [7, 11) is 0. The second-order valence-corrected chi connectivity index (χ2v) is 8.02. The number of oxazole rings is 1. The van der Waals surface area contributed by atoms with Gasteiger partial charge in [-0.15, -0.1) is 0 Å². The number of aromatic nitrogens is 1. The van der Waals surface area contributed by atoms with Crippen LogP contribution >= 0.6 is 0 Å². The second-order valence-electron chi connectivity index (χ2n) is 8.02. The molecule has 4 rings (SSSR count). The molecule has 1 fully saturated rings. The molecular weight excluding hydrogens is 388 g/mol. The van der Waals surface area contributed by atoms with Gasteiger partial charge in [-0.2, -0.15) is 0 Å². The van der Waals surface area contributed by atoms with E-state index >= 15 is 0 Å². The van der Waals surface area contributed by atoms with Crippen LogP contribution in [-0.2, 0) is 26.1 Å². The molecule has 162 valence electrons. The Morgan fingerprint density at radius 3 is 2.23 bits per heavy atom. The maximum absolute atomic E-state index is 12.3. The molecule has 1 saturated heterocycles. The summed E-state index contributed by atoms with van der Waals surface area (Å²) in [6, 6.07) is 18.8. The number of hydrogen-bond acceptors (Lipinski definition) is 5. The first-order chi connectivity index (χ1) is 15.2. The van der Waals surface area contributed by atoms with Crippen LogP contribution in [0.25, 0.3) is 0 Å². The van der Waals surface area contributed by atoms with E-state index in [0.29, 0.717) is 24.7 Å². The Balaban J connectivity index is 1.21. The molecule has 0 unspecified atom stereocenters. The smallest absolute Gasteiger partial charge is 0.273 e. The van der Waals surface area contributed by atoms with Crippen LogP contribution in [0.15, 0.2) is 65.3 Å². The van der Waals surface area contributed by atoms with Gasteiger partial charge in [-0.1, -0.05) is 61.5 Å². The largest absolute Gasteiger partial charge is 0.447 e. The zero-order valence-electron chi connectivity index (χ0n) is 18.1. The molecule has 6 nitrogen and oxygen atoms in total. The van der Waals surface area contributed by atoms with Crippen molar-refractivity contribution in [2.24, 2.45) is 0 Å². The number of rotatable bonds is 8. The summed E-state index contributed by atoms with van der Waals surface area (Å²) < 4.78 is 5.56. The Labute approximate surface area is 183 Å². The van der Waals surface area contributed by atoms with Crippen LogP contribution in [0.4, 0.5) is 0 Å². The molecule has 31 heavy (non-hydrogen) atoms. The van der Waals surface area contributed by atoms with Gasteiger partial charge in [-0.05, 0) is 23.1 Å². The minimum atomic E-state index is -0.210. The molecule has 1 aromatic heterocycles. The van der Waals surface area contributed by atoms with Gasteiger partial charge in [0.15, 0.2) is 5.69 Å². The van der Waals surface area contributed by atoms with E-state index < -0.39 is 0 Å². The molecule has 0 radical (unpaired) electrons. The first-order valence-corrected chi connectivity index (χ1v) is 11.0. The van der Waals surface area contributed by atoms with E-state index in [4.69, 9.17) is 4.42 Å². The highest BCUT2D eigenvalue weighted by Crippen LogP contribution is 2.13. The minimum absolute atomic E-state index is 0.210. The summed E-state index contributed by atoms with van der Waals surface area (Å²) in [6.45, 7) is 8.23. The summed E-state index contributed by atoms with van der Waals surface area (Å²) in [5.74, 6) is 0.381. The number of benzene rings is 2. The molecule has 0 aliphatic carbocycles. The average molecular weight is 419 g/mol. The SMILES string of the molecule is CCc1ccc(CN2CCN(Cc3nc(C(=O)NCc4ccccc4)co3)CC2)cc1. The van der Waals surface area contributed by atoms with E-state index in [0.717, 1.165) is 44.7 Å². The lowest BCUT2D eigenvalue weighted by Gasteiger charge is -2.34. The fraction of sp³-hybridized carbons (Fsp3) is 0.360. The number of nitrogens with zero attached hydrogens (tertiary/aromatic N) is 3. The molecular formula is C25H30N4O2. The summed E-state index contributed by atoms with van der Waals surface area (Å²) in [4.78, 5) is 21.5. The zero-order valence-corrected chi connectivity index (χ0v) is 18.1. The number of carbonyl (C=O) groups is 1. The van der Waals surface area contributed by atoms with Crippen molar-refractivity contribution >= 4 is 5.91 Å². The van der Waals surface area contributed by atoms with E-state index in [1.165, 1.54) is 17.4 Å². The van der Waals surface area contributed by atoms with Crippen LogP contribution < -0.4 is 5.32 Å². The van der Waals surface area contributed by atoms with Crippen LogP contribution in [0, 0.1) is 0 Å². The van der Waals surface area contributed by atoms with Gasteiger partial charge in [0.25, 0.3) is 5.91 Å². The fourth-order valence-electron chi connectivity index (χ4n) is 3.79. The zero-order chi connectivity index (χ0) is 21.5. The summed E-state index contributed by atoms with van der Waals surface area (Å²) >= 11 is 0. The van der Waals surface area contributed by atoms with Crippen molar-refractivity contribution < 1.29 is 9.21 Å². The molecule has 2 heterocycles. The van der Waals surface area contributed by atoms with Crippen molar-refractivity contribution in [1.29, 1.82) is 0 Å². The van der Waals surface area contributed by atoms with Crippen molar-refractivity contribution in [3.05, 3.63) is 89.1 Å². The maximum atomic E-state index is 12.3. The van der Waals surface area contributed by atoms with Crippen molar-refractivity contribution in [2.45, 2.75) is 33.0 Å². The molecule has 1 aliphatic heterocycles. The van der Waals surface area contributed by atoms with Crippen LogP contribution in [0.3, 0.4) is 0 Å². The van der Waals surface area contributed by atoms with Crippen LogP contribution in [0.2, 0.25) is 0 Å². The van der Waals surface area contributed by atoms with E-state index in [2.05, 4.69) is 51.3 Å². The highest BCUT2D eigenvalue weighted by Gasteiger charge is 2.20. The molecule has 3 aromatic rings. The lowest BCUT2D eigenvalue weighted by Crippen LogP contribution is -2.45. The summed E-state index contributed by atoms with van der Waals surface area (Å²) in [6.07, 6.45) is 2.53. The van der Waals surface area contributed by atoms with Gasteiger partial charge in [0.2, 0.25) is 5.89 Å². The number of carbonyl (C=O) groups excluding carboxylic acids is 1. The van der Waals surface area contributed by atoms with Crippen LogP contribution in [0.1, 0.15) is 40.0 Å². The third-order valence-corrected chi connectivity index (χ3v) is 5.74. The molecule has 1 amide bonds.